The standard InChI is InChI=1S/C12H25N3S/c1-3-11-16-12-5-13-4-6-15-9-7-14(2)8-10-15/h3,13H,1,4-12H2,2H3. The zero-order chi connectivity index (χ0) is 11.6. The van der Waals surface area contributed by atoms with Gasteiger partial charge in [0.25, 0.3) is 0 Å². The summed E-state index contributed by atoms with van der Waals surface area (Å²) in [6.45, 7) is 12.0. The van der Waals surface area contributed by atoms with Crippen molar-refractivity contribution in [3.05, 3.63) is 12.7 Å². The number of hydrogen-bond donors (Lipinski definition) is 1. The van der Waals surface area contributed by atoms with Gasteiger partial charge in [0.1, 0.15) is 0 Å². The molecule has 0 bridgehead atoms. The second-order valence-electron chi connectivity index (χ2n) is 4.26. The van der Waals surface area contributed by atoms with E-state index in [2.05, 4.69) is 28.7 Å². The molecule has 1 N–H and O–H groups in total. The van der Waals surface area contributed by atoms with E-state index in [9.17, 15) is 0 Å². The Balaban J connectivity index is 1.85. The van der Waals surface area contributed by atoms with Crippen molar-refractivity contribution in [2.24, 2.45) is 0 Å². The molecule has 4 heteroatoms. The Morgan fingerprint density at radius 1 is 1.25 bits per heavy atom. The van der Waals surface area contributed by atoms with Gasteiger partial charge in [-0.15, -0.1) is 6.58 Å². The number of hydrogen-bond acceptors (Lipinski definition) is 4. The smallest absolute Gasteiger partial charge is 0.0111 e. The van der Waals surface area contributed by atoms with Crippen molar-refractivity contribution in [2.45, 2.75) is 0 Å². The van der Waals surface area contributed by atoms with Gasteiger partial charge in [0, 0.05) is 57.3 Å². The summed E-state index contributed by atoms with van der Waals surface area (Å²) in [5.41, 5.74) is 0. The molecule has 0 atom stereocenters. The van der Waals surface area contributed by atoms with Gasteiger partial charge in [0.2, 0.25) is 0 Å². The van der Waals surface area contributed by atoms with Crippen molar-refractivity contribution in [3.63, 3.8) is 0 Å². The maximum absolute atomic E-state index is 3.71. The van der Waals surface area contributed by atoms with Crippen molar-refractivity contribution in [3.8, 4) is 0 Å². The maximum atomic E-state index is 3.71. The number of likely N-dealkylation sites (N-methyl/N-ethyl adjacent to an activating group) is 1. The Labute approximate surface area is 104 Å². The van der Waals surface area contributed by atoms with E-state index in [0.717, 1.165) is 18.8 Å². The molecule has 1 heterocycles. The van der Waals surface area contributed by atoms with E-state index in [1.807, 2.05) is 17.8 Å². The number of nitrogens with one attached hydrogen (secondary N) is 1. The molecular formula is C12H25N3S. The molecule has 0 spiro atoms. The lowest BCUT2D eigenvalue weighted by atomic mass is 10.3. The molecule has 1 fully saturated rings. The predicted molar refractivity (Wildman–Crippen MR) is 74.3 cm³/mol. The van der Waals surface area contributed by atoms with Crippen LogP contribution in [-0.4, -0.2) is 74.2 Å². The minimum absolute atomic E-state index is 1.07. The summed E-state index contributed by atoms with van der Waals surface area (Å²) in [6, 6.07) is 0. The van der Waals surface area contributed by atoms with Gasteiger partial charge in [-0.25, -0.2) is 0 Å². The average Bonchev–Trinajstić information content (AvgIpc) is 2.30. The highest BCUT2D eigenvalue weighted by molar-refractivity contribution is 7.99. The molecule has 1 aliphatic rings. The lowest BCUT2D eigenvalue weighted by Crippen LogP contribution is -2.46. The first-order chi connectivity index (χ1) is 7.83. The summed E-state index contributed by atoms with van der Waals surface area (Å²) in [4.78, 5) is 4.94. The first kappa shape index (κ1) is 14.0. The normalized spacial score (nSPS) is 18.8. The second-order valence-corrected chi connectivity index (χ2v) is 5.41. The Morgan fingerprint density at radius 3 is 2.69 bits per heavy atom. The highest BCUT2D eigenvalue weighted by atomic mass is 32.2. The van der Waals surface area contributed by atoms with Crippen LogP contribution in [0.25, 0.3) is 0 Å². The maximum Gasteiger partial charge on any atom is 0.0111 e. The third-order valence-electron chi connectivity index (χ3n) is 2.86. The number of thioether (sulfide) groups is 1. The zero-order valence-corrected chi connectivity index (χ0v) is 11.3. The van der Waals surface area contributed by atoms with Gasteiger partial charge in [0.05, 0.1) is 0 Å². The Morgan fingerprint density at radius 2 is 2.00 bits per heavy atom. The molecule has 3 nitrogen and oxygen atoms in total. The van der Waals surface area contributed by atoms with Gasteiger partial charge >= 0.3 is 0 Å². The van der Waals surface area contributed by atoms with E-state index in [0.29, 0.717) is 0 Å². The molecule has 1 saturated heterocycles. The SMILES string of the molecule is C=CCSCCNCCN1CCN(C)CC1. The van der Waals surface area contributed by atoms with Crippen molar-refractivity contribution >= 4 is 11.8 Å². The van der Waals surface area contributed by atoms with Crippen LogP contribution in [0.4, 0.5) is 0 Å². The van der Waals surface area contributed by atoms with Crippen LogP contribution in [0.3, 0.4) is 0 Å². The van der Waals surface area contributed by atoms with Gasteiger partial charge < -0.3 is 10.2 Å². The summed E-state index contributed by atoms with van der Waals surface area (Å²) < 4.78 is 0. The lowest BCUT2D eigenvalue weighted by Gasteiger charge is -2.32. The summed E-state index contributed by atoms with van der Waals surface area (Å²) in [5, 5.41) is 3.49. The zero-order valence-electron chi connectivity index (χ0n) is 10.5. The highest BCUT2D eigenvalue weighted by Crippen LogP contribution is 1.98. The molecule has 0 unspecified atom stereocenters. The molecule has 0 aliphatic carbocycles. The number of nitrogens with zero attached hydrogens (tertiary/aromatic N) is 2. The topological polar surface area (TPSA) is 18.5 Å². The molecule has 1 rings (SSSR count). The van der Waals surface area contributed by atoms with Gasteiger partial charge in [-0.3, -0.25) is 4.90 Å². The fraction of sp³-hybridized carbons (Fsp3) is 0.833. The van der Waals surface area contributed by atoms with Crippen LogP contribution in [0.15, 0.2) is 12.7 Å². The molecule has 0 aromatic heterocycles. The van der Waals surface area contributed by atoms with E-state index in [1.165, 1.54) is 38.5 Å². The minimum Gasteiger partial charge on any atom is -0.315 e. The van der Waals surface area contributed by atoms with Crippen LogP contribution < -0.4 is 5.32 Å². The van der Waals surface area contributed by atoms with Gasteiger partial charge in [-0.2, -0.15) is 11.8 Å². The highest BCUT2D eigenvalue weighted by Gasteiger charge is 2.12. The lowest BCUT2D eigenvalue weighted by molar-refractivity contribution is 0.155. The summed E-state index contributed by atoms with van der Waals surface area (Å²) in [7, 11) is 2.20. The van der Waals surface area contributed by atoms with Crippen LogP contribution in [0.2, 0.25) is 0 Å². The molecule has 0 amide bonds. The average molecular weight is 243 g/mol. The molecule has 0 aromatic carbocycles. The number of rotatable bonds is 8. The fourth-order valence-corrected chi connectivity index (χ4v) is 2.37. The van der Waals surface area contributed by atoms with Gasteiger partial charge in [-0.1, -0.05) is 6.08 Å². The third-order valence-corrected chi connectivity index (χ3v) is 3.82. The first-order valence-electron chi connectivity index (χ1n) is 6.13. The van der Waals surface area contributed by atoms with Crippen LogP contribution >= 0.6 is 11.8 Å². The molecule has 0 radical (unpaired) electrons. The van der Waals surface area contributed by atoms with E-state index in [1.54, 1.807) is 0 Å². The van der Waals surface area contributed by atoms with E-state index in [4.69, 9.17) is 0 Å². The van der Waals surface area contributed by atoms with Crippen molar-refractivity contribution in [2.75, 3.05) is 64.4 Å². The van der Waals surface area contributed by atoms with Gasteiger partial charge in [-0.05, 0) is 7.05 Å². The van der Waals surface area contributed by atoms with Crippen molar-refractivity contribution in [1.29, 1.82) is 0 Å². The second kappa shape index (κ2) is 9.05. The quantitative estimate of drug-likeness (QED) is 0.500. The van der Waals surface area contributed by atoms with Crippen molar-refractivity contribution < 1.29 is 0 Å². The molecule has 0 aromatic rings. The first-order valence-corrected chi connectivity index (χ1v) is 7.28. The van der Waals surface area contributed by atoms with Crippen molar-refractivity contribution in [1.82, 2.24) is 15.1 Å². The Bertz CT molecular complexity index is 179. The molecular weight excluding hydrogens is 218 g/mol. The molecule has 0 saturated carbocycles. The van der Waals surface area contributed by atoms with Gasteiger partial charge in [0.15, 0.2) is 0 Å². The minimum atomic E-state index is 1.07. The molecule has 94 valence electrons. The molecule has 16 heavy (non-hydrogen) atoms. The van der Waals surface area contributed by atoms with Crippen LogP contribution in [0.5, 0.6) is 0 Å². The summed E-state index contributed by atoms with van der Waals surface area (Å²) in [6.07, 6.45) is 1.97. The van der Waals surface area contributed by atoms with E-state index in [-0.39, 0.29) is 0 Å². The predicted octanol–water partition coefficient (Wildman–Crippen LogP) is 0.743. The van der Waals surface area contributed by atoms with E-state index < -0.39 is 0 Å². The number of piperazine rings is 1. The van der Waals surface area contributed by atoms with E-state index >= 15 is 0 Å². The third kappa shape index (κ3) is 6.53. The summed E-state index contributed by atoms with van der Waals surface area (Å²) >= 11 is 1.94. The largest absolute Gasteiger partial charge is 0.315 e. The summed E-state index contributed by atoms with van der Waals surface area (Å²) in [5.74, 6) is 2.26. The fourth-order valence-electron chi connectivity index (χ4n) is 1.74. The molecule has 1 aliphatic heterocycles. The van der Waals surface area contributed by atoms with Crippen LogP contribution in [0, 0.1) is 0 Å². The van der Waals surface area contributed by atoms with Crippen LogP contribution in [0.1, 0.15) is 0 Å². The Kier molecular flexibility index (Phi) is 7.93. The van der Waals surface area contributed by atoms with Crippen LogP contribution in [-0.2, 0) is 0 Å². The Hall–Kier alpha value is -0.0300. The monoisotopic (exact) mass is 243 g/mol.